The summed E-state index contributed by atoms with van der Waals surface area (Å²) in [7, 11) is -3.60. The van der Waals surface area contributed by atoms with Crippen molar-refractivity contribution in [2.75, 3.05) is 11.0 Å². The lowest BCUT2D eigenvalue weighted by atomic mass is 10.2. The largest absolute Gasteiger partial charge is 0.278 e. The molecule has 2 aromatic carbocycles. The number of nitrogens with one attached hydrogen (secondary N) is 1. The van der Waals surface area contributed by atoms with Crippen molar-refractivity contribution in [3.05, 3.63) is 53.1 Å². The quantitative estimate of drug-likeness (QED) is 0.633. The van der Waals surface area contributed by atoms with Crippen molar-refractivity contribution < 1.29 is 8.42 Å². The summed E-state index contributed by atoms with van der Waals surface area (Å²) in [6.07, 6.45) is 1.88. The van der Waals surface area contributed by atoms with Crippen molar-refractivity contribution in [1.29, 1.82) is 0 Å². The highest BCUT2D eigenvalue weighted by Gasteiger charge is 2.16. The Morgan fingerprint density at radius 2 is 1.50 bits per heavy atom. The zero-order valence-electron chi connectivity index (χ0n) is 15.1. The van der Waals surface area contributed by atoms with Crippen LogP contribution in [-0.4, -0.2) is 14.7 Å². The maximum absolute atomic E-state index is 12.3. The van der Waals surface area contributed by atoms with Crippen LogP contribution >= 0.6 is 23.4 Å². The van der Waals surface area contributed by atoms with Crippen molar-refractivity contribution in [1.82, 2.24) is 0 Å². The number of thioether (sulfide) groups is 1. The molecule has 0 saturated carbocycles. The van der Waals surface area contributed by atoms with Gasteiger partial charge in [0.15, 0.2) is 0 Å². The fourth-order valence-corrected chi connectivity index (χ4v) is 3.52. The molecular formula is C18H26ClNO2S2. The average Bonchev–Trinajstić information content (AvgIpc) is 2.59. The molecule has 0 atom stereocenters. The van der Waals surface area contributed by atoms with Gasteiger partial charge in [0.1, 0.15) is 0 Å². The van der Waals surface area contributed by atoms with Gasteiger partial charge in [-0.2, -0.15) is 0 Å². The molecule has 0 heterocycles. The molecular weight excluding hydrogens is 362 g/mol. The van der Waals surface area contributed by atoms with Gasteiger partial charge in [0, 0.05) is 9.92 Å². The van der Waals surface area contributed by atoms with Crippen LogP contribution in [-0.2, 0) is 10.0 Å². The van der Waals surface area contributed by atoms with E-state index in [-0.39, 0.29) is 4.90 Å². The number of rotatable bonds is 4. The number of hydrogen-bond acceptors (Lipinski definition) is 3. The second-order valence-corrected chi connectivity index (χ2v) is 7.23. The molecule has 2 aromatic rings. The zero-order chi connectivity index (χ0) is 18.8. The smallest absolute Gasteiger partial charge is 0.261 e. The van der Waals surface area contributed by atoms with Crippen molar-refractivity contribution in [3.63, 3.8) is 0 Å². The molecule has 0 bridgehead atoms. The lowest BCUT2D eigenvalue weighted by Crippen LogP contribution is -2.13. The summed E-state index contributed by atoms with van der Waals surface area (Å²) in [4.78, 5) is 1.06. The van der Waals surface area contributed by atoms with Crippen molar-refractivity contribution in [2.24, 2.45) is 0 Å². The Morgan fingerprint density at radius 3 is 2.00 bits per heavy atom. The molecule has 0 aliphatic carbocycles. The van der Waals surface area contributed by atoms with Crippen molar-refractivity contribution in [3.8, 4) is 0 Å². The van der Waals surface area contributed by atoms with Crippen LogP contribution in [0, 0.1) is 6.92 Å². The Kier molecular flexibility index (Phi) is 10.8. The molecule has 0 aliphatic heterocycles. The number of benzene rings is 2. The average molecular weight is 388 g/mol. The first-order chi connectivity index (χ1) is 11.4. The van der Waals surface area contributed by atoms with Gasteiger partial charge in [-0.1, -0.05) is 57.0 Å². The lowest BCUT2D eigenvalue weighted by Gasteiger charge is -2.12. The molecule has 0 aromatic heterocycles. The molecule has 0 amide bonds. The highest BCUT2D eigenvalue weighted by atomic mass is 35.5. The lowest BCUT2D eigenvalue weighted by molar-refractivity contribution is 0.601. The highest BCUT2D eigenvalue weighted by Crippen LogP contribution is 2.30. The molecule has 2 rings (SSSR count). The summed E-state index contributed by atoms with van der Waals surface area (Å²) >= 11 is 7.38. The molecule has 0 saturated heterocycles. The summed E-state index contributed by atoms with van der Waals surface area (Å²) in [6, 6.07) is 11.8. The first-order valence-electron chi connectivity index (χ1n) is 7.85. The van der Waals surface area contributed by atoms with E-state index in [0.717, 1.165) is 10.5 Å². The Balaban J connectivity index is 0.00000123. The minimum atomic E-state index is -3.60. The van der Waals surface area contributed by atoms with Crippen LogP contribution in [0.25, 0.3) is 0 Å². The summed E-state index contributed by atoms with van der Waals surface area (Å²) in [5.41, 5.74) is 1.50. The second-order valence-electron chi connectivity index (χ2n) is 4.26. The van der Waals surface area contributed by atoms with E-state index < -0.39 is 10.0 Å². The number of hydrogen-bond donors (Lipinski definition) is 1. The molecule has 0 aliphatic rings. The zero-order valence-corrected chi connectivity index (χ0v) is 17.4. The summed E-state index contributed by atoms with van der Waals surface area (Å²) in [6.45, 7) is 9.91. The predicted octanol–water partition coefficient (Wildman–Crippen LogP) is 6.22. The monoisotopic (exact) mass is 387 g/mol. The van der Waals surface area contributed by atoms with Crippen LogP contribution in [0.15, 0.2) is 52.3 Å². The van der Waals surface area contributed by atoms with Gasteiger partial charge in [0.2, 0.25) is 0 Å². The molecule has 6 heteroatoms. The fraction of sp³-hybridized carbons (Fsp3) is 0.333. The first kappa shape index (κ1) is 22.8. The molecule has 0 fully saturated rings. The van der Waals surface area contributed by atoms with Gasteiger partial charge in [0.25, 0.3) is 10.0 Å². The van der Waals surface area contributed by atoms with E-state index in [4.69, 9.17) is 11.6 Å². The van der Waals surface area contributed by atoms with Crippen LogP contribution in [0.5, 0.6) is 0 Å². The van der Waals surface area contributed by atoms with E-state index in [0.29, 0.717) is 10.7 Å². The highest BCUT2D eigenvalue weighted by molar-refractivity contribution is 7.99. The molecule has 3 nitrogen and oxygen atoms in total. The predicted molar refractivity (Wildman–Crippen MR) is 108 cm³/mol. The van der Waals surface area contributed by atoms with Gasteiger partial charge in [-0.3, -0.25) is 4.72 Å². The third-order valence-electron chi connectivity index (χ3n) is 2.74. The summed E-state index contributed by atoms with van der Waals surface area (Å²) in [5.74, 6) is 0. The standard InChI is InChI=1S/C14H14ClNO2S2.2C2H6/c1-10-3-6-12(7-4-10)20(17,18)16-13-9-11(15)5-8-14(13)19-2;2*1-2/h3-9,16H,1-2H3;2*1-2H3. The number of halogens is 1. The number of aryl methyl sites for hydroxylation is 1. The molecule has 24 heavy (non-hydrogen) atoms. The van der Waals surface area contributed by atoms with Crippen LogP contribution in [0.4, 0.5) is 5.69 Å². The van der Waals surface area contributed by atoms with Crippen LogP contribution in [0.3, 0.4) is 0 Å². The van der Waals surface area contributed by atoms with Gasteiger partial charge in [-0.15, -0.1) is 11.8 Å². The van der Waals surface area contributed by atoms with Crippen LogP contribution in [0.2, 0.25) is 5.02 Å². The van der Waals surface area contributed by atoms with E-state index in [1.165, 1.54) is 11.8 Å². The summed E-state index contributed by atoms with van der Waals surface area (Å²) in [5, 5.41) is 0.490. The van der Waals surface area contributed by atoms with E-state index >= 15 is 0 Å². The Morgan fingerprint density at radius 1 is 0.958 bits per heavy atom. The van der Waals surface area contributed by atoms with Gasteiger partial charge in [-0.05, 0) is 43.5 Å². The Hall–Kier alpha value is -1.17. The second kappa shape index (κ2) is 11.4. The minimum Gasteiger partial charge on any atom is -0.278 e. The van der Waals surface area contributed by atoms with E-state index in [1.54, 1.807) is 42.5 Å². The Labute approximate surface area is 155 Å². The molecule has 0 spiro atoms. The SMILES string of the molecule is CC.CC.CSc1ccc(Cl)cc1NS(=O)(=O)c1ccc(C)cc1. The van der Waals surface area contributed by atoms with E-state index in [2.05, 4.69) is 4.72 Å². The van der Waals surface area contributed by atoms with Gasteiger partial charge in [-0.25, -0.2) is 8.42 Å². The molecule has 1 N–H and O–H groups in total. The maximum atomic E-state index is 12.3. The third-order valence-corrected chi connectivity index (χ3v) is 5.15. The van der Waals surface area contributed by atoms with Crippen molar-refractivity contribution >= 4 is 39.1 Å². The van der Waals surface area contributed by atoms with Crippen LogP contribution in [0.1, 0.15) is 33.3 Å². The van der Waals surface area contributed by atoms with Crippen LogP contribution < -0.4 is 4.72 Å². The van der Waals surface area contributed by atoms with Gasteiger partial charge in [0.05, 0.1) is 10.6 Å². The number of sulfonamides is 1. The summed E-state index contributed by atoms with van der Waals surface area (Å²) < 4.78 is 27.2. The van der Waals surface area contributed by atoms with Gasteiger partial charge >= 0.3 is 0 Å². The molecule has 0 radical (unpaired) electrons. The third kappa shape index (κ3) is 6.75. The van der Waals surface area contributed by atoms with E-state index in [9.17, 15) is 8.42 Å². The van der Waals surface area contributed by atoms with E-state index in [1.807, 2.05) is 40.9 Å². The minimum absolute atomic E-state index is 0.232. The number of anilines is 1. The van der Waals surface area contributed by atoms with Crippen molar-refractivity contribution in [2.45, 2.75) is 44.4 Å². The normalized spacial score (nSPS) is 9.96. The Bertz CT molecular complexity index is 714. The topological polar surface area (TPSA) is 46.2 Å². The molecule has 0 unspecified atom stereocenters. The maximum Gasteiger partial charge on any atom is 0.261 e. The fourth-order valence-electron chi connectivity index (χ4n) is 1.68. The first-order valence-corrected chi connectivity index (χ1v) is 10.9. The van der Waals surface area contributed by atoms with Gasteiger partial charge < -0.3 is 0 Å². The molecule has 134 valence electrons.